The van der Waals surface area contributed by atoms with Crippen LogP contribution in [0.5, 0.6) is 0 Å². The van der Waals surface area contributed by atoms with Crippen molar-refractivity contribution in [2.24, 2.45) is 5.73 Å². The zero-order valence-corrected chi connectivity index (χ0v) is 6.15. The van der Waals surface area contributed by atoms with E-state index in [9.17, 15) is 14.9 Å². The van der Waals surface area contributed by atoms with Gasteiger partial charge in [-0.3, -0.25) is 14.9 Å². The predicted molar refractivity (Wildman–Crippen MR) is 36.5 cm³/mol. The highest BCUT2D eigenvalue weighted by Gasteiger charge is 2.15. The molecule has 0 spiro atoms. The first kappa shape index (κ1) is 9.83. The Morgan fingerprint density at radius 1 is 1.82 bits per heavy atom. The molecule has 1 atom stereocenters. The molecule has 11 heavy (non-hydrogen) atoms. The van der Waals surface area contributed by atoms with E-state index in [0.29, 0.717) is 0 Å². The molecule has 0 aliphatic carbocycles. The summed E-state index contributed by atoms with van der Waals surface area (Å²) in [5.74, 6) is -0.619. The Balaban J connectivity index is 3.60. The molecule has 1 unspecified atom stereocenters. The van der Waals surface area contributed by atoms with Crippen LogP contribution in [0.25, 0.3) is 0 Å². The second-order valence-corrected chi connectivity index (χ2v) is 1.97. The molecule has 0 heterocycles. The summed E-state index contributed by atoms with van der Waals surface area (Å²) in [6, 6.07) is -0.884. The van der Waals surface area contributed by atoms with Crippen molar-refractivity contribution >= 4 is 5.97 Å². The highest BCUT2D eigenvalue weighted by atomic mass is 16.6. The molecule has 0 bridgehead atoms. The van der Waals surface area contributed by atoms with Crippen LogP contribution in [0.4, 0.5) is 0 Å². The first-order valence-corrected chi connectivity index (χ1v) is 3.03. The topological polar surface area (TPSA) is 95.5 Å². The van der Waals surface area contributed by atoms with Gasteiger partial charge in [0.15, 0.2) is 0 Å². The molecule has 0 radical (unpaired) electrons. The lowest BCUT2D eigenvalue weighted by Gasteiger charge is -2.04. The summed E-state index contributed by atoms with van der Waals surface area (Å²) in [4.78, 5) is 19.8. The Hall–Kier alpha value is -1.17. The van der Waals surface area contributed by atoms with Crippen LogP contribution >= 0.6 is 0 Å². The molecule has 0 rings (SSSR count). The van der Waals surface area contributed by atoms with E-state index in [-0.39, 0.29) is 13.0 Å². The molecular formula is C5H10N2O4. The van der Waals surface area contributed by atoms with Gasteiger partial charge in [0.2, 0.25) is 6.54 Å². The lowest BCUT2D eigenvalue weighted by Crippen LogP contribution is -2.33. The monoisotopic (exact) mass is 162 g/mol. The maximum Gasteiger partial charge on any atom is 0.322 e. The van der Waals surface area contributed by atoms with Crippen LogP contribution in [-0.2, 0) is 9.53 Å². The minimum absolute atomic E-state index is 0.0136. The maximum atomic E-state index is 10.6. The summed E-state index contributed by atoms with van der Waals surface area (Å²) in [6.07, 6.45) is 0.0136. The molecule has 0 amide bonds. The Labute approximate surface area is 63.5 Å². The van der Waals surface area contributed by atoms with Crippen LogP contribution < -0.4 is 5.73 Å². The quantitative estimate of drug-likeness (QED) is 0.330. The molecule has 0 aromatic rings. The molecule has 0 saturated carbocycles. The largest absolute Gasteiger partial charge is 0.468 e. The maximum absolute atomic E-state index is 10.6. The Bertz CT molecular complexity index is 159. The van der Waals surface area contributed by atoms with Crippen molar-refractivity contribution in [3.8, 4) is 0 Å². The molecule has 6 nitrogen and oxygen atoms in total. The van der Waals surface area contributed by atoms with Crippen molar-refractivity contribution < 1.29 is 14.5 Å². The molecule has 2 N–H and O–H groups in total. The number of hydrogen-bond acceptors (Lipinski definition) is 5. The third kappa shape index (κ3) is 4.26. The lowest BCUT2D eigenvalue weighted by molar-refractivity contribution is -0.480. The standard InChI is InChI=1S/C5H10N2O4/c1-11-5(8)4(6)2-3-7(9)10/h4H,2-3,6H2,1H3. The van der Waals surface area contributed by atoms with Crippen LogP contribution in [0, 0.1) is 10.1 Å². The van der Waals surface area contributed by atoms with E-state index in [1.165, 1.54) is 7.11 Å². The summed E-state index contributed by atoms with van der Waals surface area (Å²) in [6.45, 7) is -0.309. The lowest BCUT2D eigenvalue weighted by atomic mass is 10.2. The van der Waals surface area contributed by atoms with Gasteiger partial charge in [-0.2, -0.15) is 0 Å². The number of nitrogens with two attached hydrogens (primary N) is 1. The van der Waals surface area contributed by atoms with E-state index in [1.807, 2.05) is 0 Å². The van der Waals surface area contributed by atoms with Crippen molar-refractivity contribution in [1.82, 2.24) is 0 Å². The number of rotatable bonds is 4. The Morgan fingerprint density at radius 2 is 2.36 bits per heavy atom. The SMILES string of the molecule is COC(=O)C(N)CC[N+](=O)[O-]. The van der Waals surface area contributed by atoms with Gasteiger partial charge < -0.3 is 10.5 Å². The highest BCUT2D eigenvalue weighted by Crippen LogP contribution is 1.90. The second-order valence-electron chi connectivity index (χ2n) is 1.97. The summed E-state index contributed by atoms with van der Waals surface area (Å²) in [5, 5.41) is 9.81. The van der Waals surface area contributed by atoms with Gasteiger partial charge in [-0.05, 0) is 0 Å². The molecule has 6 heteroatoms. The fraction of sp³-hybridized carbons (Fsp3) is 0.800. The predicted octanol–water partition coefficient (Wildman–Crippen LogP) is -0.846. The van der Waals surface area contributed by atoms with Crippen LogP contribution in [-0.4, -0.2) is 30.6 Å². The van der Waals surface area contributed by atoms with E-state index in [4.69, 9.17) is 5.73 Å². The van der Waals surface area contributed by atoms with E-state index in [0.717, 1.165) is 0 Å². The van der Waals surface area contributed by atoms with Crippen LogP contribution in [0.15, 0.2) is 0 Å². The van der Waals surface area contributed by atoms with Gasteiger partial charge >= 0.3 is 5.97 Å². The minimum Gasteiger partial charge on any atom is -0.468 e. The highest BCUT2D eigenvalue weighted by molar-refractivity contribution is 5.75. The van der Waals surface area contributed by atoms with Crippen molar-refractivity contribution in [3.63, 3.8) is 0 Å². The normalized spacial score (nSPS) is 12.2. The Morgan fingerprint density at radius 3 is 2.73 bits per heavy atom. The van der Waals surface area contributed by atoms with Gasteiger partial charge in [0, 0.05) is 11.3 Å². The van der Waals surface area contributed by atoms with Crippen molar-refractivity contribution in [3.05, 3.63) is 10.1 Å². The number of carbonyl (C=O) groups excluding carboxylic acids is 1. The smallest absolute Gasteiger partial charge is 0.322 e. The summed E-state index contributed by atoms with van der Waals surface area (Å²) >= 11 is 0. The van der Waals surface area contributed by atoms with Crippen molar-refractivity contribution in [2.75, 3.05) is 13.7 Å². The fourth-order valence-corrected chi connectivity index (χ4v) is 0.514. The molecule has 0 aliphatic rings. The molecule has 0 aliphatic heterocycles. The number of carbonyl (C=O) groups is 1. The average molecular weight is 162 g/mol. The van der Waals surface area contributed by atoms with Crippen LogP contribution in [0.3, 0.4) is 0 Å². The van der Waals surface area contributed by atoms with E-state index >= 15 is 0 Å². The number of nitrogens with zero attached hydrogens (tertiary/aromatic N) is 1. The minimum atomic E-state index is -0.884. The third-order valence-corrected chi connectivity index (χ3v) is 1.13. The summed E-state index contributed by atoms with van der Waals surface area (Å²) in [7, 11) is 1.19. The van der Waals surface area contributed by atoms with Crippen LogP contribution in [0.2, 0.25) is 0 Å². The first-order valence-electron chi connectivity index (χ1n) is 3.03. The van der Waals surface area contributed by atoms with Crippen molar-refractivity contribution in [2.45, 2.75) is 12.5 Å². The van der Waals surface area contributed by atoms with Crippen molar-refractivity contribution in [1.29, 1.82) is 0 Å². The van der Waals surface area contributed by atoms with Gasteiger partial charge in [-0.1, -0.05) is 0 Å². The number of esters is 1. The van der Waals surface area contributed by atoms with Gasteiger partial charge in [0.05, 0.1) is 7.11 Å². The number of nitro groups is 1. The van der Waals surface area contributed by atoms with Gasteiger partial charge in [0.1, 0.15) is 6.04 Å². The fourth-order valence-electron chi connectivity index (χ4n) is 0.514. The van der Waals surface area contributed by atoms with Gasteiger partial charge in [-0.25, -0.2) is 0 Å². The van der Waals surface area contributed by atoms with E-state index in [2.05, 4.69) is 4.74 Å². The number of hydrogen-bond donors (Lipinski definition) is 1. The zero-order chi connectivity index (χ0) is 8.85. The summed E-state index contributed by atoms with van der Waals surface area (Å²) < 4.78 is 4.26. The third-order valence-electron chi connectivity index (χ3n) is 1.13. The van der Waals surface area contributed by atoms with E-state index in [1.54, 1.807) is 0 Å². The average Bonchev–Trinajstić information content (AvgIpc) is 1.98. The molecule has 0 saturated heterocycles. The summed E-state index contributed by atoms with van der Waals surface area (Å²) in [5.41, 5.74) is 5.20. The second kappa shape index (κ2) is 4.62. The van der Waals surface area contributed by atoms with E-state index < -0.39 is 16.9 Å². The van der Waals surface area contributed by atoms with Gasteiger partial charge in [0.25, 0.3) is 0 Å². The Kier molecular flexibility index (Phi) is 4.12. The zero-order valence-electron chi connectivity index (χ0n) is 6.15. The molecule has 0 aromatic heterocycles. The van der Waals surface area contributed by atoms with Crippen LogP contribution in [0.1, 0.15) is 6.42 Å². The molecule has 0 aromatic carbocycles. The number of ether oxygens (including phenoxy) is 1. The number of methoxy groups -OCH3 is 1. The van der Waals surface area contributed by atoms with Gasteiger partial charge in [-0.15, -0.1) is 0 Å². The molecule has 64 valence electrons. The molecular weight excluding hydrogens is 152 g/mol. The molecule has 0 fully saturated rings. The first-order chi connectivity index (χ1) is 5.07.